The molecule has 0 aliphatic rings. The van der Waals surface area contributed by atoms with Gasteiger partial charge in [-0.05, 0) is 30.7 Å². The molecule has 0 saturated heterocycles. The van der Waals surface area contributed by atoms with Gasteiger partial charge in [-0.3, -0.25) is 0 Å². The Balaban J connectivity index is 2.26. The van der Waals surface area contributed by atoms with E-state index in [1.165, 1.54) is 4.88 Å². The normalized spacial score (nSPS) is 14.9. The second kappa shape index (κ2) is 7.82. The Morgan fingerprint density at radius 1 is 1.44 bits per heavy atom. The van der Waals surface area contributed by atoms with E-state index in [9.17, 15) is 5.11 Å². The number of hydrogen-bond acceptors (Lipinski definition) is 3. The topological polar surface area (TPSA) is 32.3 Å². The second-order valence-corrected chi connectivity index (χ2v) is 5.27. The largest absolute Gasteiger partial charge is 0.392 e. The van der Waals surface area contributed by atoms with Gasteiger partial charge in [0.25, 0.3) is 0 Å². The molecule has 2 nitrogen and oxygen atoms in total. The maximum atomic E-state index is 9.66. The third kappa shape index (κ3) is 5.10. The molecule has 2 unspecified atom stereocenters. The standard InChI is InChI=1S/C13H23NOS/c1-3-6-12(15)10-14-11(4-2)9-13-7-5-8-16-13/h5,7-8,11-12,14-15H,3-4,6,9-10H2,1-2H3. The van der Waals surface area contributed by atoms with Crippen molar-refractivity contribution in [3.8, 4) is 0 Å². The van der Waals surface area contributed by atoms with Crippen molar-refractivity contribution in [3.05, 3.63) is 22.4 Å². The monoisotopic (exact) mass is 241 g/mol. The number of aliphatic hydroxyl groups is 1. The number of nitrogens with one attached hydrogen (secondary N) is 1. The first-order valence-corrected chi connectivity index (χ1v) is 7.08. The Hall–Kier alpha value is -0.380. The summed E-state index contributed by atoms with van der Waals surface area (Å²) in [6.45, 7) is 5.02. The molecule has 3 heteroatoms. The first-order chi connectivity index (χ1) is 7.76. The van der Waals surface area contributed by atoms with E-state index in [2.05, 4.69) is 36.7 Å². The van der Waals surface area contributed by atoms with Crippen LogP contribution < -0.4 is 5.32 Å². The fourth-order valence-electron chi connectivity index (χ4n) is 1.77. The molecule has 1 heterocycles. The molecule has 1 rings (SSSR count). The lowest BCUT2D eigenvalue weighted by Crippen LogP contribution is -2.36. The molecule has 0 radical (unpaired) electrons. The molecule has 16 heavy (non-hydrogen) atoms. The lowest BCUT2D eigenvalue weighted by molar-refractivity contribution is 0.156. The zero-order chi connectivity index (χ0) is 11.8. The quantitative estimate of drug-likeness (QED) is 0.733. The van der Waals surface area contributed by atoms with Gasteiger partial charge < -0.3 is 10.4 Å². The van der Waals surface area contributed by atoms with E-state index < -0.39 is 0 Å². The van der Waals surface area contributed by atoms with E-state index in [4.69, 9.17) is 0 Å². The SMILES string of the molecule is CCCC(O)CNC(CC)Cc1cccs1. The molecule has 0 aliphatic heterocycles. The molecule has 0 bridgehead atoms. The fraction of sp³-hybridized carbons (Fsp3) is 0.692. The van der Waals surface area contributed by atoms with Crippen molar-refractivity contribution in [2.45, 2.75) is 51.7 Å². The molecule has 0 aromatic carbocycles. The number of thiophene rings is 1. The molecule has 1 aromatic heterocycles. The van der Waals surface area contributed by atoms with Gasteiger partial charge in [0.05, 0.1) is 6.10 Å². The minimum Gasteiger partial charge on any atom is -0.392 e. The fourth-order valence-corrected chi connectivity index (χ4v) is 2.56. The van der Waals surface area contributed by atoms with Crippen molar-refractivity contribution in [1.82, 2.24) is 5.32 Å². The van der Waals surface area contributed by atoms with Gasteiger partial charge in [-0.15, -0.1) is 11.3 Å². The average Bonchev–Trinajstić information content (AvgIpc) is 2.77. The smallest absolute Gasteiger partial charge is 0.0664 e. The molecular formula is C13H23NOS. The number of aliphatic hydroxyl groups excluding tert-OH is 1. The summed E-state index contributed by atoms with van der Waals surface area (Å²) in [5.41, 5.74) is 0. The van der Waals surface area contributed by atoms with Crippen LogP contribution in [0.2, 0.25) is 0 Å². The van der Waals surface area contributed by atoms with Crippen molar-refractivity contribution >= 4 is 11.3 Å². The van der Waals surface area contributed by atoms with Crippen molar-refractivity contribution in [1.29, 1.82) is 0 Å². The van der Waals surface area contributed by atoms with E-state index in [1.54, 1.807) is 0 Å². The number of hydrogen-bond donors (Lipinski definition) is 2. The highest BCUT2D eigenvalue weighted by Crippen LogP contribution is 2.12. The third-order valence-corrected chi connectivity index (χ3v) is 3.68. The predicted molar refractivity (Wildman–Crippen MR) is 71.0 cm³/mol. The highest BCUT2D eigenvalue weighted by molar-refractivity contribution is 7.09. The van der Waals surface area contributed by atoms with Crippen molar-refractivity contribution in [2.24, 2.45) is 0 Å². The van der Waals surface area contributed by atoms with E-state index in [0.717, 1.165) is 32.2 Å². The third-order valence-electron chi connectivity index (χ3n) is 2.78. The molecule has 0 amide bonds. The molecule has 1 aromatic rings. The first kappa shape index (κ1) is 13.7. The van der Waals surface area contributed by atoms with Gasteiger partial charge in [0, 0.05) is 17.5 Å². The summed E-state index contributed by atoms with van der Waals surface area (Å²) in [4.78, 5) is 1.42. The van der Waals surface area contributed by atoms with Crippen LogP contribution in [-0.2, 0) is 6.42 Å². The Bertz CT molecular complexity index is 261. The van der Waals surface area contributed by atoms with Crippen molar-refractivity contribution in [2.75, 3.05) is 6.54 Å². The van der Waals surface area contributed by atoms with Crippen LogP contribution in [0.3, 0.4) is 0 Å². The van der Waals surface area contributed by atoms with Gasteiger partial charge in [-0.2, -0.15) is 0 Å². The summed E-state index contributed by atoms with van der Waals surface area (Å²) in [5.74, 6) is 0. The second-order valence-electron chi connectivity index (χ2n) is 4.24. The average molecular weight is 241 g/mol. The van der Waals surface area contributed by atoms with E-state index in [1.807, 2.05) is 11.3 Å². The molecule has 92 valence electrons. The van der Waals surface area contributed by atoms with Crippen LogP contribution in [0.4, 0.5) is 0 Å². The summed E-state index contributed by atoms with van der Waals surface area (Å²) in [5, 5.41) is 15.2. The summed E-state index contributed by atoms with van der Waals surface area (Å²) in [7, 11) is 0. The summed E-state index contributed by atoms with van der Waals surface area (Å²) in [6, 6.07) is 4.76. The summed E-state index contributed by atoms with van der Waals surface area (Å²) < 4.78 is 0. The Kier molecular flexibility index (Phi) is 6.69. The molecule has 0 fully saturated rings. The summed E-state index contributed by atoms with van der Waals surface area (Å²) >= 11 is 1.81. The molecule has 0 saturated carbocycles. The number of rotatable bonds is 8. The molecule has 2 atom stereocenters. The highest BCUT2D eigenvalue weighted by Gasteiger charge is 2.09. The van der Waals surface area contributed by atoms with Gasteiger partial charge in [0.1, 0.15) is 0 Å². The van der Waals surface area contributed by atoms with E-state index in [-0.39, 0.29) is 6.10 Å². The Morgan fingerprint density at radius 2 is 2.25 bits per heavy atom. The van der Waals surface area contributed by atoms with Crippen molar-refractivity contribution < 1.29 is 5.11 Å². The Morgan fingerprint density at radius 3 is 2.81 bits per heavy atom. The van der Waals surface area contributed by atoms with E-state index in [0.29, 0.717) is 6.04 Å². The molecule has 0 spiro atoms. The van der Waals surface area contributed by atoms with Gasteiger partial charge in [0.2, 0.25) is 0 Å². The Labute approximate surface area is 103 Å². The zero-order valence-corrected chi connectivity index (χ0v) is 11.1. The van der Waals surface area contributed by atoms with Crippen LogP contribution in [0.1, 0.15) is 38.0 Å². The minimum atomic E-state index is -0.192. The lowest BCUT2D eigenvalue weighted by Gasteiger charge is -2.18. The van der Waals surface area contributed by atoms with Gasteiger partial charge >= 0.3 is 0 Å². The van der Waals surface area contributed by atoms with Crippen LogP contribution in [0, 0.1) is 0 Å². The summed E-state index contributed by atoms with van der Waals surface area (Å²) in [6.07, 6.45) is 3.93. The van der Waals surface area contributed by atoms with Crippen LogP contribution >= 0.6 is 11.3 Å². The highest BCUT2D eigenvalue weighted by atomic mass is 32.1. The molecule has 2 N–H and O–H groups in total. The van der Waals surface area contributed by atoms with Gasteiger partial charge in [-0.1, -0.05) is 26.3 Å². The van der Waals surface area contributed by atoms with E-state index >= 15 is 0 Å². The van der Waals surface area contributed by atoms with Crippen LogP contribution in [-0.4, -0.2) is 23.8 Å². The van der Waals surface area contributed by atoms with Crippen LogP contribution in [0.25, 0.3) is 0 Å². The van der Waals surface area contributed by atoms with Crippen LogP contribution in [0.15, 0.2) is 17.5 Å². The predicted octanol–water partition coefficient (Wildman–Crippen LogP) is 2.82. The van der Waals surface area contributed by atoms with Crippen molar-refractivity contribution in [3.63, 3.8) is 0 Å². The molecule has 0 aliphatic carbocycles. The first-order valence-electron chi connectivity index (χ1n) is 6.20. The van der Waals surface area contributed by atoms with Gasteiger partial charge in [0.15, 0.2) is 0 Å². The maximum absolute atomic E-state index is 9.66. The molecular weight excluding hydrogens is 218 g/mol. The lowest BCUT2D eigenvalue weighted by atomic mass is 10.1. The van der Waals surface area contributed by atoms with Crippen LogP contribution in [0.5, 0.6) is 0 Å². The zero-order valence-electron chi connectivity index (χ0n) is 10.3. The maximum Gasteiger partial charge on any atom is 0.0664 e. The van der Waals surface area contributed by atoms with Gasteiger partial charge in [-0.25, -0.2) is 0 Å². The minimum absolute atomic E-state index is 0.192.